The van der Waals surface area contributed by atoms with Gasteiger partial charge in [-0.2, -0.15) is 0 Å². The van der Waals surface area contributed by atoms with Gasteiger partial charge in [-0.15, -0.1) is 0 Å². The highest BCUT2D eigenvalue weighted by atomic mass is 35.5. The van der Waals surface area contributed by atoms with Crippen LogP contribution in [0.25, 0.3) is 0 Å². The summed E-state index contributed by atoms with van der Waals surface area (Å²) in [5, 5.41) is 0.0509. The average Bonchev–Trinajstić information content (AvgIpc) is 2.49. The number of halogens is 2. The number of carbonyl (C=O) groups is 1. The van der Waals surface area contributed by atoms with E-state index in [0.717, 1.165) is 5.56 Å². The maximum atomic E-state index is 13.7. The number of carbonyl (C=O) groups excluding carboxylic acids is 1. The van der Waals surface area contributed by atoms with Crippen molar-refractivity contribution >= 4 is 17.7 Å². The zero-order chi connectivity index (χ0) is 15.8. The van der Waals surface area contributed by atoms with Crippen LogP contribution < -0.4 is 5.73 Å². The van der Waals surface area contributed by atoms with Crippen LogP contribution in [-0.2, 0) is 11.3 Å². The number of benzene rings is 1. The minimum atomic E-state index is -0.570. The Bertz CT molecular complexity index is 557. The monoisotopic (exact) mass is 314 g/mol. The third kappa shape index (κ3) is 3.86. The molecule has 0 bridgehead atoms. The standard InChI is InChI=1S/C15H20ClFN2O2/c1-15(2,3)21-14(20)19-5-4-13(18)10-7-11(16)12(17)6-9(10)8-19/h6-7,13H,4-5,8,18H2,1-3H3/t13-/m1/s1. The van der Waals surface area contributed by atoms with E-state index in [0.29, 0.717) is 18.5 Å². The molecule has 1 heterocycles. The fourth-order valence-electron chi connectivity index (χ4n) is 2.30. The molecule has 4 nitrogen and oxygen atoms in total. The fraction of sp³-hybridized carbons (Fsp3) is 0.533. The average molecular weight is 315 g/mol. The van der Waals surface area contributed by atoms with Crippen LogP contribution in [0.1, 0.15) is 44.4 Å². The van der Waals surface area contributed by atoms with Crippen molar-refractivity contribution in [3.05, 3.63) is 34.1 Å². The highest BCUT2D eigenvalue weighted by molar-refractivity contribution is 6.30. The highest BCUT2D eigenvalue weighted by Crippen LogP contribution is 2.30. The molecule has 2 N–H and O–H groups in total. The lowest BCUT2D eigenvalue weighted by atomic mass is 10.00. The first-order valence-corrected chi connectivity index (χ1v) is 7.26. The van der Waals surface area contributed by atoms with Crippen molar-refractivity contribution in [2.75, 3.05) is 6.54 Å². The molecule has 2 rings (SSSR count). The Morgan fingerprint density at radius 1 is 1.48 bits per heavy atom. The van der Waals surface area contributed by atoms with Crippen molar-refractivity contribution in [3.8, 4) is 0 Å². The van der Waals surface area contributed by atoms with E-state index in [-0.39, 0.29) is 17.6 Å². The van der Waals surface area contributed by atoms with Gasteiger partial charge < -0.3 is 15.4 Å². The van der Waals surface area contributed by atoms with Gasteiger partial charge in [0.15, 0.2) is 0 Å². The molecule has 0 radical (unpaired) electrons. The number of hydrogen-bond donors (Lipinski definition) is 1. The van der Waals surface area contributed by atoms with Gasteiger partial charge >= 0.3 is 6.09 Å². The zero-order valence-corrected chi connectivity index (χ0v) is 13.2. The van der Waals surface area contributed by atoms with Gasteiger partial charge in [-0.3, -0.25) is 0 Å². The lowest BCUT2D eigenvalue weighted by Gasteiger charge is -2.26. The molecule has 1 amide bonds. The Balaban J connectivity index is 2.27. The first-order chi connectivity index (χ1) is 9.67. The van der Waals surface area contributed by atoms with E-state index < -0.39 is 17.5 Å². The van der Waals surface area contributed by atoms with E-state index in [4.69, 9.17) is 22.1 Å². The molecule has 0 saturated carbocycles. The van der Waals surface area contributed by atoms with Crippen LogP contribution in [0.15, 0.2) is 12.1 Å². The van der Waals surface area contributed by atoms with Crippen LogP contribution in [-0.4, -0.2) is 23.1 Å². The number of fused-ring (bicyclic) bond motifs is 1. The molecule has 1 aliphatic heterocycles. The fourth-order valence-corrected chi connectivity index (χ4v) is 2.48. The van der Waals surface area contributed by atoms with E-state index in [9.17, 15) is 9.18 Å². The van der Waals surface area contributed by atoms with E-state index in [2.05, 4.69) is 0 Å². The lowest BCUT2D eigenvalue weighted by molar-refractivity contribution is 0.0235. The van der Waals surface area contributed by atoms with Crippen molar-refractivity contribution in [1.82, 2.24) is 4.90 Å². The van der Waals surface area contributed by atoms with E-state index in [1.54, 1.807) is 11.0 Å². The van der Waals surface area contributed by atoms with E-state index in [1.807, 2.05) is 20.8 Å². The molecular formula is C15H20ClFN2O2. The van der Waals surface area contributed by atoms with E-state index in [1.165, 1.54) is 6.07 Å². The second-order valence-corrected chi connectivity index (χ2v) is 6.67. The summed E-state index contributed by atoms with van der Waals surface area (Å²) in [4.78, 5) is 13.7. The zero-order valence-electron chi connectivity index (χ0n) is 12.5. The molecule has 116 valence electrons. The molecule has 1 aliphatic rings. The van der Waals surface area contributed by atoms with Gasteiger partial charge in [0.2, 0.25) is 0 Å². The summed E-state index contributed by atoms with van der Waals surface area (Å²) in [7, 11) is 0. The van der Waals surface area contributed by atoms with Gasteiger partial charge in [0, 0.05) is 19.1 Å². The molecule has 0 saturated heterocycles. The van der Waals surface area contributed by atoms with Crippen LogP contribution in [0.4, 0.5) is 9.18 Å². The minimum absolute atomic E-state index is 0.0509. The normalized spacial score (nSPS) is 19.0. The summed E-state index contributed by atoms with van der Waals surface area (Å²) in [6.45, 7) is 6.15. The van der Waals surface area contributed by atoms with Crippen molar-refractivity contribution in [2.45, 2.75) is 45.4 Å². The summed E-state index contributed by atoms with van der Waals surface area (Å²) >= 11 is 5.81. The number of nitrogens with zero attached hydrogens (tertiary/aromatic N) is 1. The Morgan fingerprint density at radius 3 is 2.76 bits per heavy atom. The van der Waals surface area contributed by atoms with Gasteiger partial charge in [-0.05, 0) is 50.5 Å². The van der Waals surface area contributed by atoms with Crippen molar-refractivity contribution in [2.24, 2.45) is 5.73 Å². The summed E-state index contributed by atoms with van der Waals surface area (Å²) in [6.07, 6.45) is 0.159. The molecule has 0 fully saturated rings. The topological polar surface area (TPSA) is 55.6 Å². The summed E-state index contributed by atoms with van der Waals surface area (Å²) in [6, 6.07) is 2.63. The summed E-state index contributed by atoms with van der Waals surface area (Å²) in [5.41, 5.74) is 6.98. The molecule has 21 heavy (non-hydrogen) atoms. The van der Waals surface area contributed by atoms with Gasteiger partial charge in [-0.25, -0.2) is 9.18 Å². The smallest absolute Gasteiger partial charge is 0.410 e. The van der Waals surface area contributed by atoms with Crippen LogP contribution in [0, 0.1) is 5.82 Å². The van der Waals surface area contributed by atoms with Gasteiger partial charge in [-0.1, -0.05) is 11.6 Å². The Kier molecular flexibility index (Phi) is 4.44. The third-order valence-corrected chi connectivity index (χ3v) is 3.59. The molecule has 1 atom stereocenters. The Labute approximate surface area is 129 Å². The molecule has 1 aromatic carbocycles. The van der Waals surface area contributed by atoms with Gasteiger partial charge in [0.1, 0.15) is 11.4 Å². The van der Waals surface area contributed by atoms with E-state index >= 15 is 0 Å². The quantitative estimate of drug-likeness (QED) is 0.795. The minimum Gasteiger partial charge on any atom is -0.444 e. The highest BCUT2D eigenvalue weighted by Gasteiger charge is 2.27. The number of rotatable bonds is 0. The SMILES string of the molecule is CC(C)(C)OC(=O)N1CC[C@@H](N)c2cc(Cl)c(F)cc2C1. The molecule has 0 spiro atoms. The molecular weight excluding hydrogens is 295 g/mol. The Hall–Kier alpha value is -1.33. The molecule has 6 heteroatoms. The third-order valence-electron chi connectivity index (χ3n) is 3.30. The van der Waals surface area contributed by atoms with Gasteiger partial charge in [0.25, 0.3) is 0 Å². The molecule has 0 aliphatic carbocycles. The predicted molar refractivity (Wildman–Crippen MR) is 79.6 cm³/mol. The maximum absolute atomic E-state index is 13.7. The summed E-state index contributed by atoms with van der Waals surface area (Å²) < 4.78 is 19.0. The van der Waals surface area contributed by atoms with Crippen molar-refractivity contribution < 1.29 is 13.9 Å². The van der Waals surface area contributed by atoms with Crippen LogP contribution >= 0.6 is 11.6 Å². The van der Waals surface area contributed by atoms with Crippen LogP contribution in [0.5, 0.6) is 0 Å². The second kappa shape index (κ2) is 5.81. The second-order valence-electron chi connectivity index (χ2n) is 6.26. The number of nitrogens with two attached hydrogens (primary N) is 1. The molecule has 0 aromatic heterocycles. The number of amides is 1. The van der Waals surface area contributed by atoms with Crippen molar-refractivity contribution in [3.63, 3.8) is 0 Å². The number of hydrogen-bond acceptors (Lipinski definition) is 3. The summed E-state index contributed by atoms with van der Waals surface area (Å²) in [5.74, 6) is -0.506. The van der Waals surface area contributed by atoms with Gasteiger partial charge in [0.05, 0.1) is 5.02 Å². The molecule has 1 aromatic rings. The first kappa shape index (κ1) is 16.0. The van der Waals surface area contributed by atoms with Crippen molar-refractivity contribution in [1.29, 1.82) is 0 Å². The Morgan fingerprint density at radius 2 is 2.14 bits per heavy atom. The first-order valence-electron chi connectivity index (χ1n) is 6.88. The maximum Gasteiger partial charge on any atom is 0.410 e. The lowest BCUT2D eigenvalue weighted by Crippen LogP contribution is -2.36. The van der Waals surface area contributed by atoms with Crippen LogP contribution in [0.2, 0.25) is 5.02 Å². The molecule has 0 unspecified atom stereocenters. The predicted octanol–water partition coefficient (Wildman–Crippen LogP) is 3.62. The largest absolute Gasteiger partial charge is 0.444 e. The number of ether oxygens (including phenoxy) is 1. The van der Waals surface area contributed by atoms with Crippen LogP contribution in [0.3, 0.4) is 0 Å².